The van der Waals surface area contributed by atoms with Crippen LogP contribution in [0, 0.1) is 13.8 Å². The SMILES string of the molecule is CCOc1ccccc1C(=O)Cc1cc(C)ccc1C. The molecule has 0 fully saturated rings. The first kappa shape index (κ1) is 14.3. The summed E-state index contributed by atoms with van der Waals surface area (Å²) in [6.45, 7) is 6.57. The summed E-state index contributed by atoms with van der Waals surface area (Å²) in [7, 11) is 0. The minimum atomic E-state index is 0.0998. The van der Waals surface area contributed by atoms with E-state index in [0.717, 1.165) is 11.1 Å². The van der Waals surface area contributed by atoms with Crippen molar-refractivity contribution < 1.29 is 9.53 Å². The monoisotopic (exact) mass is 268 g/mol. The molecule has 0 radical (unpaired) electrons. The van der Waals surface area contributed by atoms with Gasteiger partial charge in [0.25, 0.3) is 0 Å². The zero-order valence-electron chi connectivity index (χ0n) is 12.3. The highest BCUT2D eigenvalue weighted by Crippen LogP contribution is 2.21. The zero-order valence-corrected chi connectivity index (χ0v) is 12.3. The number of Topliss-reactive ketones (excluding diaryl/α,β-unsaturated/α-hetero) is 1. The largest absolute Gasteiger partial charge is 0.493 e. The Bertz CT molecular complexity index is 615. The minimum Gasteiger partial charge on any atom is -0.493 e. The van der Waals surface area contributed by atoms with Gasteiger partial charge in [0.15, 0.2) is 5.78 Å². The Hall–Kier alpha value is -2.09. The molecular formula is C18H20O2. The van der Waals surface area contributed by atoms with E-state index in [2.05, 4.69) is 18.2 Å². The van der Waals surface area contributed by atoms with Gasteiger partial charge in [0.2, 0.25) is 0 Å². The summed E-state index contributed by atoms with van der Waals surface area (Å²) in [6, 6.07) is 13.7. The molecule has 2 aromatic carbocycles. The molecule has 0 heterocycles. The Morgan fingerprint density at radius 2 is 1.85 bits per heavy atom. The van der Waals surface area contributed by atoms with Gasteiger partial charge >= 0.3 is 0 Å². The molecule has 0 N–H and O–H groups in total. The van der Waals surface area contributed by atoms with Gasteiger partial charge in [0.1, 0.15) is 5.75 Å². The Morgan fingerprint density at radius 3 is 2.60 bits per heavy atom. The van der Waals surface area contributed by atoms with Crippen molar-refractivity contribution in [2.75, 3.05) is 6.61 Å². The van der Waals surface area contributed by atoms with E-state index in [9.17, 15) is 4.79 Å². The number of carbonyl (C=O) groups is 1. The van der Waals surface area contributed by atoms with Crippen LogP contribution in [0.4, 0.5) is 0 Å². The van der Waals surface area contributed by atoms with Crippen molar-refractivity contribution in [3.8, 4) is 5.75 Å². The van der Waals surface area contributed by atoms with Crippen LogP contribution < -0.4 is 4.74 Å². The summed E-state index contributed by atoms with van der Waals surface area (Å²) in [5, 5.41) is 0. The fourth-order valence-electron chi connectivity index (χ4n) is 2.24. The van der Waals surface area contributed by atoms with E-state index in [4.69, 9.17) is 4.74 Å². The molecule has 0 unspecified atom stereocenters. The van der Waals surface area contributed by atoms with E-state index in [0.29, 0.717) is 24.3 Å². The van der Waals surface area contributed by atoms with Crippen molar-refractivity contribution in [2.24, 2.45) is 0 Å². The molecule has 0 bridgehead atoms. The van der Waals surface area contributed by atoms with Gasteiger partial charge < -0.3 is 4.74 Å². The maximum absolute atomic E-state index is 12.5. The fourth-order valence-corrected chi connectivity index (χ4v) is 2.24. The fraction of sp³-hybridized carbons (Fsp3) is 0.278. The van der Waals surface area contributed by atoms with Crippen molar-refractivity contribution in [1.29, 1.82) is 0 Å². The second-order valence-corrected chi connectivity index (χ2v) is 4.96. The standard InChI is InChI=1S/C18H20O2/c1-4-20-18-8-6-5-7-16(18)17(19)12-15-11-13(2)9-10-14(15)3/h5-11H,4,12H2,1-3H3. The maximum Gasteiger partial charge on any atom is 0.170 e. The summed E-state index contributed by atoms with van der Waals surface area (Å²) < 4.78 is 5.53. The molecule has 104 valence electrons. The predicted molar refractivity (Wildman–Crippen MR) is 81.6 cm³/mol. The van der Waals surface area contributed by atoms with Gasteiger partial charge in [-0.3, -0.25) is 4.79 Å². The van der Waals surface area contributed by atoms with E-state index in [1.165, 1.54) is 5.56 Å². The Kier molecular flexibility index (Phi) is 4.57. The molecule has 20 heavy (non-hydrogen) atoms. The van der Waals surface area contributed by atoms with Crippen LogP contribution in [0.15, 0.2) is 42.5 Å². The normalized spacial score (nSPS) is 10.3. The molecule has 0 amide bonds. The quantitative estimate of drug-likeness (QED) is 0.762. The van der Waals surface area contributed by atoms with Crippen LogP contribution in [0.1, 0.15) is 34.0 Å². The summed E-state index contributed by atoms with van der Waals surface area (Å²) in [5.41, 5.74) is 4.07. The molecule has 0 aromatic heterocycles. The van der Waals surface area contributed by atoms with E-state index in [1.807, 2.05) is 45.0 Å². The summed E-state index contributed by atoms with van der Waals surface area (Å²) in [6.07, 6.45) is 0.414. The minimum absolute atomic E-state index is 0.0998. The number of rotatable bonds is 5. The summed E-state index contributed by atoms with van der Waals surface area (Å²) in [4.78, 5) is 12.5. The van der Waals surface area contributed by atoms with Gasteiger partial charge in [-0.2, -0.15) is 0 Å². The maximum atomic E-state index is 12.5. The number of hydrogen-bond donors (Lipinski definition) is 0. The third-order valence-electron chi connectivity index (χ3n) is 3.34. The highest BCUT2D eigenvalue weighted by Gasteiger charge is 2.13. The lowest BCUT2D eigenvalue weighted by Gasteiger charge is -2.10. The molecule has 0 aliphatic rings. The van der Waals surface area contributed by atoms with Crippen LogP contribution >= 0.6 is 0 Å². The summed E-state index contributed by atoms with van der Waals surface area (Å²) in [5.74, 6) is 0.771. The molecule has 0 saturated heterocycles. The first-order valence-electron chi connectivity index (χ1n) is 6.93. The van der Waals surface area contributed by atoms with Crippen LogP contribution in [0.25, 0.3) is 0 Å². The number of carbonyl (C=O) groups excluding carboxylic acids is 1. The first-order valence-corrected chi connectivity index (χ1v) is 6.93. The third kappa shape index (κ3) is 3.27. The van der Waals surface area contributed by atoms with Gasteiger partial charge in [0.05, 0.1) is 12.2 Å². The van der Waals surface area contributed by atoms with Crippen LogP contribution in [-0.2, 0) is 6.42 Å². The molecule has 0 atom stereocenters. The van der Waals surface area contributed by atoms with Crippen molar-refractivity contribution in [3.05, 3.63) is 64.7 Å². The van der Waals surface area contributed by atoms with Crippen molar-refractivity contribution in [3.63, 3.8) is 0 Å². The average Bonchev–Trinajstić information content (AvgIpc) is 2.44. The molecule has 2 rings (SSSR count). The van der Waals surface area contributed by atoms with Crippen LogP contribution in [0.5, 0.6) is 5.75 Å². The number of aryl methyl sites for hydroxylation is 2. The van der Waals surface area contributed by atoms with Crippen LogP contribution in [0.2, 0.25) is 0 Å². The van der Waals surface area contributed by atoms with E-state index >= 15 is 0 Å². The lowest BCUT2D eigenvalue weighted by molar-refractivity contribution is 0.0989. The highest BCUT2D eigenvalue weighted by atomic mass is 16.5. The Labute approximate surface area is 120 Å². The number of ether oxygens (including phenoxy) is 1. The van der Waals surface area contributed by atoms with Gasteiger partial charge in [0, 0.05) is 6.42 Å². The number of hydrogen-bond acceptors (Lipinski definition) is 2. The topological polar surface area (TPSA) is 26.3 Å². The van der Waals surface area contributed by atoms with E-state index in [-0.39, 0.29) is 5.78 Å². The molecule has 0 aliphatic heterocycles. The second-order valence-electron chi connectivity index (χ2n) is 4.96. The van der Waals surface area contributed by atoms with Crippen LogP contribution in [-0.4, -0.2) is 12.4 Å². The molecule has 0 saturated carbocycles. The van der Waals surface area contributed by atoms with Crippen molar-refractivity contribution >= 4 is 5.78 Å². The van der Waals surface area contributed by atoms with Gasteiger partial charge in [-0.05, 0) is 44.0 Å². The van der Waals surface area contributed by atoms with Gasteiger partial charge in [-0.25, -0.2) is 0 Å². The van der Waals surface area contributed by atoms with Crippen molar-refractivity contribution in [2.45, 2.75) is 27.2 Å². The molecule has 2 heteroatoms. The number of benzene rings is 2. The average molecular weight is 268 g/mol. The van der Waals surface area contributed by atoms with Gasteiger partial charge in [-0.15, -0.1) is 0 Å². The summed E-state index contributed by atoms with van der Waals surface area (Å²) >= 11 is 0. The predicted octanol–water partition coefficient (Wildman–Crippen LogP) is 4.13. The Morgan fingerprint density at radius 1 is 1.10 bits per heavy atom. The van der Waals surface area contributed by atoms with E-state index in [1.54, 1.807) is 0 Å². The number of ketones is 1. The molecule has 0 aliphatic carbocycles. The molecule has 2 nitrogen and oxygen atoms in total. The van der Waals surface area contributed by atoms with Crippen molar-refractivity contribution in [1.82, 2.24) is 0 Å². The molecule has 0 spiro atoms. The molecular weight excluding hydrogens is 248 g/mol. The third-order valence-corrected chi connectivity index (χ3v) is 3.34. The second kappa shape index (κ2) is 6.38. The van der Waals surface area contributed by atoms with Gasteiger partial charge in [-0.1, -0.05) is 35.9 Å². The lowest BCUT2D eigenvalue weighted by atomic mass is 9.97. The highest BCUT2D eigenvalue weighted by molar-refractivity contribution is 6.00. The first-order chi connectivity index (χ1) is 9.61. The zero-order chi connectivity index (χ0) is 14.5. The Balaban J connectivity index is 2.26. The van der Waals surface area contributed by atoms with Crippen LogP contribution in [0.3, 0.4) is 0 Å². The molecule has 2 aromatic rings. The lowest BCUT2D eigenvalue weighted by Crippen LogP contribution is -2.08. The van der Waals surface area contributed by atoms with E-state index < -0.39 is 0 Å². The number of para-hydroxylation sites is 1. The smallest absolute Gasteiger partial charge is 0.170 e.